The van der Waals surface area contributed by atoms with Crippen molar-refractivity contribution in [2.45, 2.75) is 25.8 Å². The molecule has 0 unspecified atom stereocenters. The molecule has 0 aliphatic carbocycles. The van der Waals surface area contributed by atoms with Gasteiger partial charge in [-0.05, 0) is 30.5 Å². The van der Waals surface area contributed by atoms with Crippen molar-refractivity contribution in [3.8, 4) is 0 Å². The smallest absolute Gasteiger partial charge is 0.306 e. The lowest BCUT2D eigenvalue weighted by Crippen LogP contribution is -2.33. The fraction of sp³-hybridized carbons (Fsp3) is 0.300. The Balaban J connectivity index is 1.48. The summed E-state index contributed by atoms with van der Waals surface area (Å²) in [5, 5.41) is 2.64. The average molecular weight is 417 g/mol. The molecular weight excluding hydrogens is 396 g/mol. The number of carbonyl (C=O) groups excluding carboxylic acids is 3. The van der Waals surface area contributed by atoms with Crippen molar-refractivity contribution in [3.63, 3.8) is 0 Å². The Bertz CT molecular complexity index is 948. The van der Waals surface area contributed by atoms with Crippen molar-refractivity contribution >= 4 is 50.5 Å². The highest BCUT2D eigenvalue weighted by molar-refractivity contribution is 7.18. The third kappa shape index (κ3) is 4.82. The van der Waals surface area contributed by atoms with Gasteiger partial charge in [0.1, 0.15) is 5.01 Å². The molecule has 28 heavy (non-hydrogen) atoms. The van der Waals surface area contributed by atoms with E-state index in [0.717, 1.165) is 15.2 Å². The molecule has 3 aromatic rings. The van der Waals surface area contributed by atoms with Crippen LogP contribution in [0.3, 0.4) is 0 Å². The molecule has 8 heteroatoms. The van der Waals surface area contributed by atoms with Crippen molar-refractivity contribution in [2.24, 2.45) is 0 Å². The molecule has 0 N–H and O–H groups in total. The van der Waals surface area contributed by atoms with Gasteiger partial charge in [0.2, 0.25) is 0 Å². The van der Waals surface area contributed by atoms with Gasteiger partial charge < -0.3 is 9.64 Å². The first-order valence-electron chi connectivity index (χ1n) is 8.79. The summed E-state index contributed by atoms with van der Waals surface area (Å²) in [7, 11) is 1.66. The molecule has 146 valence electrons. The summed E-state index contributed by atoms with van der Waals surface area (Å²) >= 11 is 2.88. The van der Waals surface area contributed by atoms with Gasteiger partial charge in [-0.25, -0.2) is 4.98 Å². The number of Topliss-reactive ketones (excluding diaryl/α,β-unsaturated/α-hetero) is 1. The van der Waals surface area contributed by atoms with Crippen LogP contribution >= 0.6 is 22.7 Å². The molecule has 0 aliphatic heterocycles. The minimum Gasteiger partial charge on any atom is -0.456 e. The van der Waals surface area contributed by atoms with Crippen LogP contribution in [0.1, 0.15) is 40.5 Å². The van der Waals surface area contributed by atoms with Crippen molar-refractivity contribution in [1.29, 1.82) is 0 Å². The zero-order chi connectivity index (χ0) is 20.1. The van der Waals surface area contributed by atoms with E-state index >= 15 is 0 Å². The molecule has 2 heterocycles. The lowest BCUT2D eigenvalue weighted by molar-refractivity contribution is -0.152. The van der Waals surface area contributed by atoms with Crippen molar-refractivity contribution in [3.05, 3.63) is 51.7 Å². The summed E-state index contributed by atoms with van der Waals surface area (Å²) in [5.41, 5.74) is 0.900. The van der Waals surface area contributed by atoms with E-state index in [9.17, 15) is 14.4 Å². The third-order valence-corrected chi connectivity index (χ3v) is 6.47. The van der Waals surface area contributed by atoms with Crippen LogP contribution < -0.4 is 0 Å². The number of benzene rings is 1. The summed E-state index contributed by atoms with van der Waals surface area (Å²) in [6, 6.07) is 11.1. The second kappa shape index (κ2) is 9.07. The van der Waals surface area contributed by atoms with Crippen molar-refractivity contribution < 1.29 is 19.1 Å². The number of nitrogens with zero attached hydrogens (tertiary/aromatic N) is 2. The van der Waals surface area contributed by atoms with Crippen LogP contribution in [-0.4, -0.2) is 41.2 Å². The number of likely N-dealkylation sites (N-methyl/N-ethyl adjacent to an activating group) is 1. The van der Waals surface area contributed by atoms with Crippen LogP contribution in [0.15, 0.2) is 41.8 Å². The molecular formula is C20H20N2O4S2. The molecule has 1 aromatic carbocycles. The van der Waals surface area contributed by atoms with E-state index in [1.54, 1.807) is 19.2 Å². The summed E-state index contributed by atoms with van der Waals surface area (Å²) in [6.45, 7) is 1.54. The number of ether oxygens (including phenoxy) is 1. The number of rotatable bonds is 8. The van der Waals surface area contributed by atoms with Gasteiger partial charge >= 0.3 is 5.97 Å². The maximum atomic E-state index is 12.4. The largest absolute Gasteiger partial charge is 0.456 e. The predicted octanol–water partition coefficient (Wildman–Crippen LogP) is 4.08. The Hall–Kier alpha value is -2.58. The van der Waals surface area contributed by atoms with Crippen molar-refractivity contribution in [1.82, 2.24) is 9.88 Å². The van der Waals surface area contributed by atoms with Crippen LogP contribution in [0.4, 0.5) is 0 Å². The Morgan fingerprint density at radius 3 is 2.64 bits per heavy atom. The van der Waals surface area contributed by atoms with Crippen LogP contribution in [-0.2, 0) is 14.3 Å². The van der Waals surface area contributed by atoms with E-state index in [1.165, 1.54) is 27.6 Å². The highest BCUT2D eigenvalue weighted by Crippen LogP contribution is 2.28. The number of thiazole rings is 1. The molecule has 0 spiro atoms. The van der Waals surface area contributed by atoms with Crippen molar-refractivity contribution in [2.75, 3.05) is 13.7 Å². The molecule has 2 aromatic heterocycles. The second-order valence-electron chi connectivity index (χ2n) is 6.26. The molecule has 0 aliphatic rings. The Labute approximate surface area is 170 Å². The predicted molar refractivity (Wildman–Crippen MR) is 110 cm³/mol. The van der Waals surface area contributed by atoms with Gasteiger partial charge in [0, 0.05) is 13.5 Å². The molecule has 0 saturated heterocycles. The standard InChI is InChI=1S/C20H20N2O4S2/c1-13(20-21-14-6-3-4-7-16(14)28-20)22(2)18(24)12-26-19(25)10-9-15(23)17-8-5-11-27-17/h3-8,11,13H,9-10,12H2,1-2H3/t13-/m0/s1. The highest BCUT2D eigenvalue weighted by Gasteiger charge is 2.22. The van der Waals surface area contributed by atoms with Gasteiger partial charge in [-0.15, -0.1) is 22.7 Å². The van der Waals surface area contributed by atoms with E-state index in [0.29, 0.717) is 4.88 Å². The van der Waals surface area contributed by atoms with E-state index in [-0.39, 0.29) is 37.2 Å². The lowest BCUT2D eigenvalue weighted by atomic mass is 10.2. The Kier molecular flexibility index (Phi) is 6.53. The summed E-state index contributed by atoms with van der Waals surface area (Å²) < 4.78 is 6.10. The number of para-hydroxylation sites is 1. The molecule has 6 nitrogen and oxygen atoms in total. The number of amides is 1. The van der Waals surface area contributed by atoms with Gasteiger partial charge in [-0.1, -0.05) is 18.2 Å². The number of thiophene rings is 1. The SMILES string of the molecule is C[C@@H](c1nc2ccccc2s1)N(C)C(=O)COC(=O)CCC(=O)c1cccs1. The molecule has 0 saturated carbocycles. The fourth-order valence-corrected chi connectivity index (χ4v) is 4.30. The van der Waals surface area contributed by atoms with E-state index in [2.05, 4.69) is 4.98 Å². The minimum atomic E-state index is -0.556. The van der Waals surface area contributed by atoms with Crippen LogP contribution in [0.25, 0.3) is 10.2 Å². The summed E-state index contributed by atoms with van der Waals surface area (Å²) in [5.74, 6) is -0.969. The van der Waals surface area contributed by atoms with Gasteiger partial charge in [0.05, 0.1) is 27.6 Å². The monoisotopic (exact) mass is 416 g/mol. The van der Waals surface area contributed by atoms with Gasteiger partial charge in [0.15, 0.2) is 12.4 Å². The molecule has 1 atom stereocenters. The number of esters is 1. The first-order chi connectivity index (χ1) is 13.5. The van der Waals surface area contributed by atoms with Crippen LogP contribution in [0.2, 0.25) is 0 Å². The Morgan fingerprint density at radius 2 is 1.93 bits per heavy atom. The fourth-order valence-electron chi connectivity index (χ4n) is 2.54. The van der Waals surface area contributed by atoms with Crippen LogP contribution in [0, 0.1) is 0 Å². The topological polar surface area (TPSA) is 76.6 Å². The number of carbonyl (C=O) groups is 3. The molecule has 3 rings (SSSR count). The number of hydrogen-bond acceptors (Lipinski definition) is 7. The summed E-state index contributed by atoms with van der Waals surface area (Å²) in [6.07, 6.45) is 0.0344. The zero-order valence-corrected chi connectivity index (χ0v) is 17.2. The zero-order valence-electron chi connectivity index (χ0n) is 15.6. The maximum absolute atomic E-state index is 12.4. The Morgan fingerprint density at radius 1 is 1.14 bits per heavy atom. The number of aromatic nitrogens is 1. The van der Waals surface area contributed by atoms with E-state index < -0.39 is 5.97 Å². The van der Waals surface area contributed by atoms with E-state index in [4.69, 9.17) is 4.74 Å². The number of fused-ring (bicyclic) bond motifs is 1. The number of ketones is 1. The first kappa shape index (κ1) is 20.2. The van der Waals surface area contributed by atoms with E-state index in [1.807, 2.05) is 36.6 Å². The quantitative estimate of drug-likeness (QED) is 0.408. The summed E-state index contributed by atoms with van der Waals surface area (Å²) in [4.78, 5) is 42.8. The van der Waals surface area contributed by atoms with Gasteiger partial charge in [-0.2, -0.15) is 0 Å². The minimum absolute atomic E-state index is 0.0405. The highest BCUT2D eigenvalue weighted by atomic mass is 32.1. The molecule has 0 bridgehead atoms. The normalized spacial score (nSPS) is 11.9. The first-order valence-corrected chi connectivity index (χ1v) is 10.5. The van der Waals surface area contributed by atoms with Crippen LogP contribution in [0.5, 0.6) is 0 Å². The van der Waals surface area contributed by atoms with Gasteiger partial charge in [-0.3, -0.25) is 14.4 Å². The molecule has 0 fully saturated rings. The molecule has 1 amide bonds. The number of hydrogen-bond donors (Lipinski definition) is 0. The maximum Gasteiger partial charge on any atom is 0.306 e. The third-order valence-electron chi connectivity index (χ3n) is 4.35. The van der Waals surface area contributed by atoms with Gasteiger partial charge in [0.25, 0.3) is 5.91 Å². The second-order valence-corrected chi connectivity index (χ2v) is 8.27. The average Bonchev–Trinajstić information content (AvgIpc) is 3.38. The molecule has 0 radical (unpaired) electrons. The lowest BCUT2D eigenvalue weighted by Gasteiger charge is -2.23.